The molecule has 2 rings (SSSR count). The number of aromatic nitrogens is 1. The van der Waals surface area contributed by atoms with Gasteiger partial charge in [-0.3, -0.25) is 9.59 Å². The van der Waals surface area contributed by atoms with Crippen molar-refractivity contribution in [1.29, 1.82) is 0 Å². The lowest BCUT2D eigenvalue weighted by molar-refractivity contribution is -0.683. The molecule has 0 aliphatic rings. The van der Waals surface area contributed by atoms with Gasteiger partial charge in [0.1, 0.15) is 0 Å². The van der Waals surface area contributed by atoms with Gasteiger partial charge in [-0.1, -0.05) is 11.6 Å². The Morgan fingerprint density at radius 1 is 1.05 bits per heavy atom. The maximum atomic E-state index is 12.1. The van der Waals surface area contributed by atoms with E-state index in [0.717, 1.165) is 0 Å². The summed E-state index contributed by atoms with van der Waals surface area (Å²) in [5.41, 5.74) is 6.40. The van der Waals surface area contributed by atoms with Gasteiger partial charge in [0.25, 0.3) is 0 Å². The molecule has 0 bridgehead atoms. The van der Waals surface area contributed by atoms with Gasteiger partial charge in [-0.15, -0.1) is 0 Å². The SMILES string of the molecule is NCC(=O)c1ccc[n+](CC(=O)c2ccc(Cl)cc2)c1.[Br-]. The highest BCUT2D eigenvalue weighted by molar-refractivity contribution is 6.30. The number of rotatable bonds is 5. The van der Waals surface area contributed by atoms with Gasteiger partial charge in [0.2, 0.25) is 12.3 Å². The van der Waals surface area contributed by atoms with E-state index in [4.69, 9.17) is 17.3 Å². The minimum Gasteiger partial charge on any atom is -1.00 e. The molecular formula is C15H14BrClN2O2. The van der Waals surface area contributed by atoms with Crippen molar-refractivity contribution in [2.45, 2.75) is 6.54 Å². The van der Waals surface area contributed by atoms with E-state index >= 15 is 0 Å². The Kier molecular flexibility index (Phi) is 6.68. The van der Waals surface area contributed by atoms with Crippen LogP contribution in [0.5, 0.6) is 0 Å². The summed E-state index contributed by atoms with van der Waals surface area (Å²) in [6.45, 7) is 0.114. The monoisotopic (exact) mass is 368 g/mol. The zero-order valence-corrected chi connectivity index (χ0v) is 13.5. The van der Waals surface area contributed by atoms with Gasteiger partial charge < -0.3 is 22.7 Å². The molecule has 110 valence electrons. The fourth-order valence-electron chi connectivity index (χ4n) is 1.80. The Bertz CT molecular complexity index is 644. The van der Waals surface area contributed by atoms with E-state index in [1.54, 1.807) is 53.4 Å². The fourth-order valence-corrected chi connectivity index (χ4v) is 1.92. The smallest absolute Gasteiger partial charge is 0.227 e. The summed E-state index contributed by atoms with van der Waals surface area (Å²) in [4.78, 5) is 23.6. The summed E-state index contributed by atoms with van der Waals surface area (Å²) < 4.78 is 1.67. The van der Waals surface area contributed by atoms with Crippen molar-refractivity contribution in [2.75, 3.05) is 6.54 Å². The van der Waals surface area contributed by atoms with E-state index in [0.29, 0.717) is 16.1 Å². The number of carbonyl (C=O) groups is 2. The summed E-state index contributed by atoms with van der Waals surface area (Å²) >= 11 is 5.78. The number of nitrogens with two attached hydrogens (primary N) is 1. The number of pyridine rings is 1. The van der Waals surface area contributed by atoms with Crippen LogP contribution in [0.15, 0.2) is 48.8 Å². The number of halogens is 2. The van der Waals surface area contributed by atoms with Crippen molar-refractivity contribution in [3.63, 3.8) is 0 Å². The third-order valence-corrected chi connectivity index (χ3v) is 3.11. The lowest BCUT2D eigenvalue weighted by Crippen LogP contribution is -3.00. The Morgan fingerprint density at radius 2 is 1.71 bits per heavy atom. The Hall–Kier alpha value is -1.56. The van der Waals surface area contributed by atoms with Crippen LogP contribution in [-0.4, -0.2) is 18.1 Å². The topological polar surface area (TPSA) is 64.0 Å². The maximum Gasteiger partial charge on any atom is 0.227 e. The van der Waals surface area contributed by atoms with Crippen molar-refractivity contribution >= 4 is 23.2 Å². The van der Waals surface area contributed by atoms with Gasteiger partial charge in [0.15, 0.2) is 18.2 Å². The first-order valence-corrected chi connectivity index (χ1v) is 6.49. The highest BCUT2D eigenvalue weighted by Crippen LogP contribution is 2.10. The molecule has 0 aliphatic carbocycles. The molecule has 6 heteroatoms. The van der Waals surface area contributed by atoms with Gasteiger partial charge in [0.05, 0.1) is 12.1 Å². The maximum absolute atomic E-state index is 12.1. The molecular weight excluding hydrogens is 356 g/mol. The van der Waals surface area contributed by atoms with Crippen LogP contribution in [0.1, 0.15) is 20.7 Å². The third kappa shape index (κ3) is 4.74. The minimum absolute atomic E-state index is 0. The zero-order chi connectivity index (χ0) is 14.5. The second kappa shape index (κ2) is 8.02. The van der Waals surface area contributed by atoms with Crippen LogP contribution in [0.2, 0.25) is 5.02 Å². The number of nitrogens with zero attached hydrogens (tertiary/aromatic N) is 1. The summed E-state index contributed by atoms with van der Waals surface area (Å²) in [6, 6.07) is 10.1. The van der Waals surface area contributed by atoms with Gasteiger partial charge in [-0.2, -0.15) is 4.57 Å². The van der Waals surface area contributed by atoms with Crippen LogP contribution >= 0.6 is 11.6 Å². The van der Waals surface area contributed by atoms with E-state index < -0.39 is 0 Å². The molecule has 0 atom stereocenters. The number of ketones is 2. The molecule has 0 spiro atoms. The van der Waals surface area contributed by atoms with Crippen LogP contribution in [0.4, 0.5) is 0 Å². The van der Waals surface area contributed by atoms with Crippen molar-refractivity contribution in [2.24, 2.45) is 5.73 Å². The van der Waals surface area contributed by atoms with Crippen LogP contribution < -0.4 is 27.3 Å². The molecule has 0 radical (unpaired) electrons. The van der Waals surface area contributed by atoms with E-state index in [-0.39, 0.29) is 41.6 Å². The lowest BCUT2D eigenvalue weighted by Gasteiger charge is -2.00. The van der Waals surface area contributed by atoms with E-state index in [1.807, 2.05) is 0 Å². The molecule has 0 fully saturated rings. The van der Waals surface area contributed by atoms with Gasteiger partial charge >= 0.3 is 0 Å². The van der Waals surface area contributed by atoms with Crippen LogP contribution in [-0.2, 0) is 6.54 Å². The second-order valence-corrected chi connectivity index (χ2v) is 4.76. The minimum atomic E-state index is -0.154. The average molecular weight is 370 g/mol. The molecule has 1 aromatic heterocycles. The molecule has 21 heavy (non-hydrogen) atoms. The number of carbonyl (C=O) groups excluding carboxylic acids is 2. The molecule has 0 amide bonds. The van der Waals surface area contributed by atoms with Crippen LogP contribution in [0, 0.1) is 0 Å². The molecule has 1 heterocycles. The Morgan fingerprint density at radius 3 is 2.33 bits per heavy atom. The molecule has 0 saturated carbocycles. The van der Waals surface area contributed by atoms with Gasteiger partial charge in [0, 0.05) is 16.7 Å². The average Bonchev–Trinajstić information content (AvgIpc) is 2.47. The Labute approximate surface area is 138 Å². The van der Waals surface area contributed by atoms with E-state index in [9.17, 15) is 9.59 Å². The van der Waals surface area contributed by atoms with E-state index in [2.05, 4.69) is 0 Å². The predicted octanol–water partition coefficient (Wildman–Crippen LogP) is -1.34. The number of hydrogen-bond acceptors (Lipinski definition) is 3. The van der Waals surface area contributed by atoms with E-state index in [1.165, 1.54) is 0 Å². The van der Waals surface area contributed by atoms with Gasteiger partial charge in [-0.05, 0) is 30.3 Å². The first-order valence-electron chi connectivity index (χ1n) is 6.11. The number of benzene rings is 1. The molecule has 2 aromatic rings. The standard InChI is InChI=1S/C15H14ClN2O2.BrH/c16-13-5-3-11(4-6-13)15(20)10-18-7-1-2-12(9-18)14(19)8-17;/h1-7,9H,8,10,17H2;1H/q+1;/p-1. The highest BCUT2D eigenvalue weighted by Gasteiger charge is 2.14. The van der Waals surface area contributed by atoms with Crippen molar-refractivity contribution in [3.8, 4) is 0 Å². The molecule has 0 saturated heterocycles. The zero-order valence-electron chi connectivity index (χ0n) is 11.1. The summed E-state index contributed by atoms with van der Waals surface area (Å²) in [5, 5.41) is 0.588. The predicted molar refractivity (Wildman–Crippen MR) is 75.8 cm³/mol. The molecule has 0 aliphatic heterocycles. The van der Waals surface area contributed by atoms with Crippen LogP contribution in [0.3, 0.4) is 0 Å². The van der Waals surface area contributed by atoms with Crippen molar-refractivity contribution in [1.82, 2.24) is 0 Å². The third-order valence-electron chi connectivity index (χ3n) is 2.86. The molecule has 2 N–H and O–H groups in total. The second-order valence-electron chi connectivity index (χ2n) is 4.32. The van der Waals surface area contributed by atoms with Crippen molar-refractivity contribution < 1.29 is 31.1 Å². The first-order chi connectivity index (χ1) is 9.60. The summed E-state index contributed by atoms with van der Waals surface area (Å²) in [7, 11) is 0. The van der Waals surface area contributed by atoms with Gasteiger partial charge in [-0.25, -0.2) is 0 Å². The number of Topliss-reactive ketones (excluding diaryl/α,β-unsaturated/α-hetero) is 2. The molecule has 4 nitrogen and oxygen atoms in total. The summed E-state index contributed by atoms with van der Waals surface area (Å²) in [5.74, 6) is -0.206. The van der Waals surface area contributed by atoms with Crippen molar-refractivity contribution in [3.05, 3.63) is 64.9 Å². The molecule has 0 unspecified atom stereocenters. The normalized spacial score (nSPS) is 9.81. The quantitative estimate of drug-likeness (QED) is 0.524. The lowest BCUT2D eigenvalue weighted by atomic mass is 10.1. The highest BCUT2D eigenvalue weighted by atomic mass is 79.9. The largest absolute Gasteiger partial charge is 1.00 e. The first kappa shape index (κ1) is 17.5. The Balaban J connectivity index is 0.00000220. The van der Waals surface area contributed by atoms with Crippen LogP contribution in [0.25, 0.3) is 0 Å². The number of hydrogen-bond donors (Lipinski definition) is 1. The summed E-state index contributed by atoms with van der Waals surface area (Å²) in [6.07, 6.45) is 3.37. The fraction of sp³-hybridized carbons (Fsp3) is 0.133. The molecule has 1 aromatic carbocycles.